The molecule has 0 unspecified atom stereocenters. The minimum Gasteiger partial charge on any atom is -0.394 e. The molecule has 0 amide bonds. The van der Waals surface area contributed by atoms with E-state index >= 15 is 0 Å². The third-order valence-electron chi connectivity index (χ3n) is 2.88. The Morgan fingerprint density at radius 3 is 2.39 bits per heavy atom. The van der Waals surface area contributed by atoms with Crippen LogP contribution in [0.3, 0.4) is 0 Å². The van der Waals surface area contributed by atoms with Crippen molar-refractivity contribution < 1.29 is 32.5 Å². The molecule has 1 aromatic carbocycles. The minimum atomic E-state index is -1.92. The van der Waals surface area contributed by atoms with E-state index in [0.29, 0.717) is 6.07 Å². The SMILES string of the molecule is OC[C@H]1O[C@@H](c2cc(F)c(F)c(F)c2F)C[C@@H]1O. The van der Waals surface area contributed by atoms with Crippen LogP contribution in [0.25, 0.3) is 0 Å². The summed E-state index contributed by atoms with van der Waals surface area (Å²) in [4.78, 5) is 0. The molecule has 1 fully saturated rings. The van der Waals surface area contributed by atoms with Crippen LogP contribution in [0.1, 0.15) is 18.1 Å². The number of aliphatic hydroxyl groups excluding tert-OH is 2. The van der Waals surface area contributed by atoms with Gasteiger partial charge in [0.05, 0.1) is 18.8 Å². The highest BCUT2D eigenvalue weighted by molar-refractivity contribution is 5.25. The average Bonchev–Trinajstić information content (AvgIpc) is 2.72. The number of hydrogen-bond acceptors (Lipinski definition) is 3. The van der Waals surface area contributed by atoms with Crippen molar-refractivity contribution in [2.75, 3.05) is 6.61 Å². The quantitative estimate of drug-likeness (QED) is 0.483. The number of ether oxygens (including phenoxy) is 1. The number of hydrogen-bond donors (Lipinski definition) is 2. The first-order chi connectivity index (χ1) is 8.45. The van der Waals surface area contributed by atoms with Gasteiger partial charge in [-0.25, -0.2) is 17.6 Å². The van der Waals surface area contributed by atoms with Crippen molar-refractivity contribution in [2.24, 2.45) is 0 Å². The van der Waals surface area contributed by atoms with Gasteiger partial charge in [-0.1, -0.05) is 0 Å². The van der Waals surface area contributed by atoms with Crippen molar-refractivity contribution in [1.29, 1.82) is 0 Å². The van der Waals surface area contributed by atoms with E-state index in [2.05, 4.69) is 0 Å². The van der Waals surface area contributed by atoms with Gasteiger partial charge in [0.25, 0.3) is 0 Å². The molecule has 0 bridgehead atoms. The van der Waals surface area contributed by atoms with E-state index in [1.165, 1.54) is 0 Å². The Hall–Kier alpha value is -1.18. The highest BCUT2D eigenvalue weighted by atomic mass is 19.2. The van der Waals surface area contributed by atoms with E-state index in [4.69, 9.17) is 9.84 Å². The van der Waals surface area contributed by atoms with Crippen LogP contribution in [0.4, 0.5) is 17.6 Å². The smallest absolute Gasteiger partial charge is 0.197 e. The maximum Gasteiger partial charge on any atom is 0.197 e. The Labute approximate surface area is 99.6 Å². The van der Waals surface area contributed by atoms with Crippen molar-refractivity contribution in [1.82, 2.24) is 0 Å². The fraction of sp³-hybridized carbons (Fsp3) is 0.455. The van der Waals surface area contributed by atoms with Gasteiger partial charge >= 0.3 is 0 Å². The van der Waals surface area contributed by atoms with E-state index in [0.717, 1.165) is 0 Å². The Balaban J connectivity index is 2.36. The number of aliphatic hydroxyl groups is 2. The molecule has 18 heavy (non-hydrogen) atoms. The molecule has 2 rings (SSSR count). The van der Waals surface area contributed by atoms with Crippen LogP contribution in [-0.4, -0.2) is 29.0 Å². The number of halogens is 4. The summed E-state index contributed by atoms with van der Waals surface area (Å²) in [6, 6.07) is 0.491. The summed E-state index contributed by atoms with van der Waals surface area (Å²) in [5.74, 6) is -6.90. The largest absolute Gasteiger partial charge is 0.394 e. The molecule has 1 heterocycles. The maximum atomic E-state index is 13.4. The van der Waals surface area contributed by atoms with Gasteiger partial charge < -0.3 is 14.9 Å². The molecule has 0 aliphatic carbocycles. The van der Waals surface area contributed by atoms with E-state index < -0.39 is 53.8 Å². The lowest BCUT2D eigenvalue weighted by Gasteiger charge is -2.13. The average molecular weight is 266 g/mol. The van der Waals surface area contributed by atoms with Crippen LogP contribution >= 0.6 is 0 Å². The summed E-state index contributed by atoms with van der Waals surface area (Å²) < 4.78 is 57.3. The van der Waals surface area contributed by atoms with Gasteiger partial charge in [0.2, 0.25) is 0 Å². The van der Waals surface area contributed by atoms with Crippen LogP contribution in [0.15, 0.2) is 6.07 Å². The lowest BCUT2D eigenvalue weighted by Crippen LogP contribution is -2.24. The van der Waals surface area contributed by atoms with Crippen molar-refractivity contribution in [3.05, 3.63) is 34.9 Å². The molecule has 0 aromatic heterocycles. The van der Waals surface area contributed by atoms with Gasteiger partial charge in [-0.3, -0.25) is 0 Å². The van der Waals surface area contributed by atoms with Crippen LogP contribution < -0.4 is 0 Å². The lowest BCUT2D eigenvalue weighted by molar-refractivity contribution is -0.0236. The fourth-order valence-electron chi connectivity index (χ4n) is 1.92. The molecule has 7 heteroatoms. The van der Waals surface area contributed by atoms with Crippen molar-refractivity contribution in [3.8, 4) is 0 Å². The first kappa shape index (κ1) is 13.3. The highest BCUT2D eigenvalue weighted by Gasteiger charge is 2.37. The van der Waals surface area contributed by atoms with E-state index in [9.17, 15) is 22.7 Å². The molecule has 0 spiro atoms. The maximum absolute atomic E-state index is 13.4. The first-order valence-electron chi connectivity index (χ1n) is 5.23. The summed E-state index contributed by atoms with van der Waals surface area (Å²) >= 11 is 0. The Morgan fingerprint density at radius 2 is 1.83 bits per heavy atom. The topological polar surface area (TPSA) is 49.7 Å². The number of rotatable bonds is 2. The Morgan fingerprint density at radius 1 is 1.17 bits per heavy atom. The molecule has 2 N–H and O–H groups in total. The third kappa shape index (κ3) is 2.09. The van der Waals surface area contributed by atoms with Gasteiger partial charge in [0.15, 0.2) is 23.3 Å². The molecule has 1 aliphatic rings. The first-order valence-corrected chi connectivity index (χ1v) is 5.23. The fourth-order valence-corrected chi connectivity index (χ4v) is 1.92. The standard InChI is InChI=1S/C11H10F4O3/c12-5-1-4(9(13)11(15)10(5)14)7-2-6(17)8(3-16)18-7/h1,6-8,16-17H,2-3H2/t6-,7+,8+/m0/s1. The summed E-state index contributed by atoms with van der Waals surface area (Å²) in [6.45, 7) is -0.508. The molecular weight excluding hydrogens is 256 g/mol. The molecule has 1 saturated heterocycles. The van der Waals surface area contributed by atoms with Crippen molar-refractivity contribution >= 4 is 0 Å². The normalized spacial score (nSPS) is 27.8. The zero-order valence-corrected chi connectivity index (χ0v) is 9.04. The summed E-state index contributed by atoms with van der Waals surface area (Å²) in [5.41, 5.74) is -0.513. The molecule has 3 atom stereocenters. The van der Waals surface area contributed by atoms with Crippen LogP contribution in [0.2, 0.25) is 0 Å². The predicted molar refractivity (Wildman–Crippen MR) is 51.6 cm³/mol. The van der Waals surface area contributed by atoms with Crippen LogP contribution in [-0.2, 0) is 4.74 Å². The zero-order valence-electron chi connectivity index (χ0n) is 9.04. The Bertz CT molecular complexity index is 466. The lowest BCUT2D eigenvalue weighted by atomic mass is 10.0. The highest BCUT2D eigenvalue weighted by Crippen LogP contribution is 2.35. The Kier molecular flexibility index (Phi) is 3.56. The van der Waals surface area contributed by atoms with Gasteiger partial charge in [0.1, 0.15) is 6.10 Å². The van der Waals surface area contributed by atoms with Crippen LogP contribution in [0.5, 0.6) is 0 Å². The van der Waals surface area contributed by atoms with Crippen molar-refractivity contribution in [2.45, 2.75) is 24.7 Å². The third-order valence-corrected chi connectivity index (χ3v) is 2.88. The van der Waals surface area contributed by atoms with Gasteiger partial charge in [-0.15, -0.1) is 0 Å². The summed E-state index contributed by atoms with van der Waals surface area (Å²) in [7, 11) is 0. The summed E-state index contributed by atoms with van der Waals surface area (Å²) in [6.07, 6.45) is -3.28. The minimum absolute atomic E-state index is 0.132. The van der Waals surface area contributed by atoms with E-state index in [1.807, 2.05) is 0 Å². The second kappa shape index (κ2) is 4.83. The second-order valence-corrected chi connectivity index (χ2v) is 4.04. The van der Waals surface area contributed by atoms with E-state index in [1.54, 1.807) is 0 Å². The number of benzene rings is 1. The van der Waals surface area contributed by atoms with Gasteiger partial charge in [-0.2, -0.15) is 0 Å². The predicted octanol–water partition coefficient (Wildman–Crippen LogP) is 1.43. The molecule has 0 radical (unpaired) electrons. The van der Waals surface area contributed by atoms with Gasteiger partial charge in [0, 0.05) is 12.0 Å². The molecule has 1 aromatic rings. The molecule has 1 aliphatic heterocycles. The van der Waals surface area contributed by atoms with Gasteiger partial charge in [-0.05, 0) is 6.07 Å². The summed E-state index contributed by atoms with van der Waals surface area (Å²) in [5, 5.41) is 18.3. The molecule has 0 saturated carbocycles. The molecule has 3 nitrogen and oxygen atoms in total. The molecule has 100 valence electrons. The zero-order chi connectivity index (χ0) is 13.4. The molecular formula is C11H10F4O3. The van der Waals surface area contributed by atoms with Crippen molar-refractivity contribution in [3.63, 3.8) is 0 Å². The second-order valence-electron chi connectivity index (χ2n) is 4.04. The monoisotopic (exact) mass is 266 g/mol. The van der Waals surface area contributed by atoms with Crippen LogP contribution in [0, 0.1) is 23.3 Å². The van der Waals surface area contributed by atoms with E-state index in [-0.39, 0.29) is 6.42 Å².